The van der Waals surface area contributed by atoms with Gasteiger partial charge >= 0.3 is 5.97 Å². The summed E-state index contributed by atoms with van der Waals surface area (Å²) >= 11 is 0. The molecule has 2 aromatic rings. The Morgan fingerprint density at radius 1 is 1.42 bits per heavy atom. The molecule has 0 aliphatic rings. The van der Waals surface area contributed by atoms with E-state index in [1.807, 2.05) is 30.8 Å². The zero-order valence-corrected chi connectivity index (χ0v) is 11.3. The average Bonchev–Trinajstić information content (AvgIpc) is 2.87. The van der Waals surface area contributed by atoms with Crippen molar-refractivity contribution in [2.24, 2.45) is 0 Å². The van der Waals surface area contributed by atoms with Crippen LogP contribution in [-0.2, 0) is 4.74 Å². The van der Waals surface area contributed by atoms with Crippen LogP contribution in [0.25, 0.3) is 11.1 Å². The molecule has 0 fully saturated rings. The number of esters is 1. The quantitative estimate of drug-likeness (QED) is 0.679. The Morgan fingerprint density at radius 2 is 2.16 bits per heavy atom. The number of nitrogens with two attached hydrogens (primary N) is 1. The van der Waals surface area contributed by atoms with Gasteiger partial charge in [0.2, 0.25) is 0 Å². The van der Waals surface area contributed by atoms with Crippen LogP contribution in [0.1, 0.15) is 30.2 Å². The first-order chi connectivity index (χ1) is 9.02. The molecule has 0 aliphatic carbocycles. The number of hydrogen-bond acceptors (Lipinski definition) is 4. The number of anilines is 1. The number of carbonyl (C=O) groups excluding carboxylic acids is 1. The molecule has 5 nitrogen and oxygen atoms in total. The van der Waals surface area contributed by atoms with E-state index in [4.69, 9.17) is 10.5 Å². The Balaban J connectivity index is 2.51. The van der Waals surface area contributed by atoms with E-state index in [1.165, 1.54) is 7.11 Å². The lowest BCUT2D eigenvalue weighted by Gasteiger charge is -2.07. The third kappa shape index (κ3) is 2.59. The predicted molar refractivity (Wildman–Crippen MR) is 73.8 cm³/mol. The summed E-state index contributed by atoms with van der Waals surface area (Å²) in [5, 5.41) is 4.27. The first-order valence-electron chi connectivity index (χ1n) is 6.05. The van der Waals surface area contributed by atoms with E-state index < -0.39 is 5.97 Å². The summed E-state index contributed by atoms with van der Waals surface area (Å²) in [5.74, 6) is -0.403. The number of rotatable bonds is 3. The summed E-state index contributed by atoms with van der Waals surface area (Å²) in [6.45, 7) is 4.09. The number of hydrogen-bond donors (Lipinski definition) is 1. The Labute approximate surface area is 112 Å². The van der Waals surface area contributed by atoms with E-state index in [9.17, 15) is 4.79 Å². The monoisotopic (exact) mass is 259 g/mol. The molecule has 1 aromatic carbocycles. The molecule has 2 N–H and O–H groups in total. The third-order valence-electron chi connectivity index (χ3n) is 2.89. The van der Waals surface area contributed by atoms with E-state index in [-0.39, 0.29) is 6.04 Å². The SMILES string of the molecule is COC(=O)c1cc(N)ccc1-c1cnn(C(C)C)c1. The largest absolute Gasteiger partial charge is 0.465 e. The van der Waals surface area contributed by atoms with Gasteiger partial charge in [0.1, 0.15) is 0 Å². The molecular formula is C14H17N3O2. The fraction of sp³-hybridized carbons (Fsp3) is 0.286. The first-order valence-corrected chi connectivity index (χ1v) is 6.05. The molecule has 0 radical (unpaired) electrons. The minimum atomic E-state index is -0.403. The zero-order valence-electron chi connectivity index (χ0n) is 11.3. The molecule has 0 saturated carbocycles. The molecule has 1 aromatic heterocycles. The van der Waals surface area contributed by atoms with Gasteiger partial charge in [-0.2, -0.15) is 5.10 Å². The highest BCUT2D eigenvalue weighted by atomic mass is 16.5. The first kappa shape index (κ1) is 13.1. The Hall–Kier alpha value is -2.30. The van der Waals surface area contributed by atoms with Crippen LogP contribution in [0.5, 0.6) is 0 Å². The van der Waals surface area contributed by atoms with Crippen LogP contribution in [0.4, 0.5) is 5.69 Å². The van der Waals surface area contributed by atoms with Gasteiger partial charge in [-0.1, -0.05) is 6.07 Å². The molecule has 0 atom stereocenters. The summed E-state index contributed by atoms with van der Waals surface area (Å²) in [4.78, 5) is 11.8. The van der Waals surface area contributed by atoms with Gasteiger partial charge in [-0.3, -0.25) is 4.68 Å². The van der Waals surface area contributed by atoms with Crippen LogP contribution in [-0.4, -0.2) is 22.9 Å². The van der Waals surface area contributed by atoms with Crippen LogP contribution >= 0.6 is 0 Å². The Bertz CT molecular complexity index is 602. The molecule has 1 heterocycles. The van der Waals surface area contributed by atoms with Crippen molar-refractivity contribution in [3.8, 4) is 11.1 Å². The topological polar surface area (TPSA) is 70.1 Å². The maximum Gasteiger partial charge on any atom is 0.338 e. The third-order valence-corrected chi connectivity index (χ3v) is 2.89. The molecule has 0 aliphatic heterocycles. The number of ether oxygens (including phenoxy) is 1. The number of carbonyl (C=O) groups is 1. The highest BCUT2D eigenvalue weighted by molar-refractivity contribution is 5.98. The summed E-state index contributed by atoms with van der Waals surface area (Å²) in [5.41, 5.74) is 8.34. The predicted octanol–water partition coefficient (Wildman–Crippen LogP) is 2.50. The molecule has 0 saturated heterocycles. The normalized spacial score (nSPS) is 10.7. The maximum atomic E-state index is 11.8. The smallest absolute Gasteiger partial charge is 0.338 e. The lowest BCUT2D eigenvalue weighted by molar-refractivity contribution is 0.0601. The second-order valence-corrected chi connectivity index (χ2v) is 4.60. The van der Waals surface area contributed by atoms with Gasteiger partial charge in [-0.25, -0.2) is 4.79 Å². The number of benzene rings is 1. The molecule has 5 heteroatoms. The highest BCUT2D eigenvalue weighted by Gasteiger charge is 2.15. The molecule has 0 amide bonds. The van der Waals surface area contributed by atoms with Crippen LogP contribution in [0, 0.1) is 0 Å². The second kappa shape index (κ2) is 5.14. The van der Waals surface area contributed by atoms with E-state index in [1.54, 1.807) is 18.3 Å². The molecule has 19 heavy (non-hydrogen) atoms. The standard InChI is InChI=1S/C14H17N3O2/c1-9(2)17-8-10(7-16-17)12-5-4-11(15)6-13(12)14(18)19-3/h4-9H,15H2,1-3H3. The van der Waals surface area contributed by atoms with Crippen molar-refractivity contribution in [2.45, 2.75) is 19.9 Å². The van der Waals surface area contributed by atoms with E-state index >= 15 is 0 Å². The van der Waals surface area contributed by atoms with Gasteiger partial charge < -0.3 is 10.5 Å². The van der Waals surface area contributed by atoms with Gasteiger partial charge in [0.15, 0.2) is 0 Å². The van der Waals surface area contributed by atoms with Crippen LogP contribution in [0.15, 0.2) is 30.6 Å². The van der Waals surface area contributed by atoms with Crippen LogP contribution in [0.3, 0.4) is 0 Å². The second-order valence-electron chi connectivity index (χ2n) is 4.60. The fourth-order valence-corrected chi connectivity index (χ4v) is 1.85. The van der Waals surface area contributed by atoms with Gasteiger partial charge in [-0.05, 0) is 31.5 Å². The summed E-state index contributed by atoms with van der Waals surface area (Å²) in [6, 6.07) is 5.45. The minimum Gasteiger partial charge on any atom is -0.465 e. The molecular weight excluding hydrogens is 242 g/mol. The van der Waals surface area contributed by atoms with E-state index in [0.717, 1.165) is 11.1 Å². The molecule has 100 valence electrons. The van der Waals surface area contributed by atoms with Crippen molar-refractivity contribution >= 4 is 11.7 Å². The lowest BCUT2D eigenvalue weighted by atomic mass is 10.0. The van der Waals surface area contributed by atoms with E-state index in [0.29, 0.717) is 11.3 Å². The lowest BCUT2D eigenvalue weighted by Crippen LogP contribution is -2.04. The van der Waals surface area contributed by atoms with Crippen LogP contribution in [0.2, 0.25) is 0 Å². The van der Waals surface area contributed by atoms with Crippen molar-refractivity contribution in [3.63, 3.8) is 0 Å². The summed E-state index contributed by atoms with van der Waals surface area (Å²) < 4.78 is 6.63. The average molecular weight is 259 g/mol. The maximum absolute atomic E-state index is 11.8. The van der Waals surface area contributed by atoms with Gasteiger partial charge in [0.25, 0.3) is 0 Å². The fourth-order valence-electron chi connectivity index (χ4n) is 1.85. The Kier molecular flexibility index (Phi) is 3.55. The number of nitrogen functional groups attached to an aromatic ring is 1. The minimum absolute atomic E-state index is 0.268. The van der Waals surface area contributed by atoms with Gasteiger partial charge in [-0.15, -0.1) is 0 Å². The number of nitrogens with zero attached hydrogens (tertiary/aromatic N) is 2. The summed E-state index contributed by atoms with van der Waals surface area (Å²) in [7, 11) is 1.35. The Morgan fingerprint density at radius 3 is 2.74 bits per heavy atom. The number of aromatic nitrogens is 2. The number of methoxy groups -OCH3 is 1. The zero-order chi connectivity index (χ0) is 14.0. The molecule has 0 bridgehead atoms. The molecule has 0 unspecified atom stereocenters. The highest BCUT2D eigenvalue weighted by Crippen LogP contribution is 2.26. The van der Waals surface area contributed by atoms with Crippen molar-refractivity contribution in [3.05, 3.63) is 36.2 Å². The van der Waals surface area contributed by atoms with Gasteiger partial charge in [0, 0.05) is 23.5 Å². The molecule has 0 spiro atoms. The van der Waals surface area contributed by atoms with Crippen LogP contribution < -0.4 is 5.73 Å². The van der Waals surface area contributed by atoms with E-state index in [2.05, 4.69) is 5.10 Å². The van der Waals surface area contributed by atoms with Crippen molar-refractivity contribution in [1.29, 1.82) is 0 Å². The van der Waals surface area contributed by atoms with Crippen molar-refractivity contribution in [2.75, 3.05) is 12.8 Å². The van der Waals surface area contributed by atoms with Crippen molar-refractivity contribution < 1.29 is 9.53 Å². The summed E-state index contributed by atoms with van der Waals surface area (Å²) in [6.07, 6.45) is 3.64. The van der Waals surface area contributed by atoms with Crippen molar-refractivity contribution in [1.82, 2.24) is 9.78 Å². The molecule has 2 rings (SSSR count). The van der Waals surface area contributed by atoms with Gasteiger partial charge in [0.05, 0.1) is 18.9 Å².